The summed E-state index contributed by atoms with van der Waals surface area (Å²) in [7, 11) is 0. The van der Waals surface area contributed by atoms with Gasteiger partial charge in [0, 0.05) is 42.2 Å². The van der Waals surface area contributed by atoms with E-state index in [1.165, 1.54) is 6.07 Å². The number of hydrogen-bond donors (Lipinski definition) is 2. The van der Waals surface area contributed by atoms with Crippen LogP contribution >= 0.6 is 0 Å². The maximum atomic E-state index is 14.5. The highest BCUT2D eigenvalue weighted by Gasteiger charge is 2.40. The number of amides is 3. The van der Waals surface area contributed by atoms with E-state index in [0.29, 0.717) is 35.5 Å². The summed E-state index contributed by atoms with van der Waals surface area (Å²) in [6.45, 7) is 8.54. The molecule has 220 valence electrons. The number of hydrogen-bond acceptors (Lipinski definition) is 5. The summed E-state index contributed by atoms with van der Waals surface area (Å²) >= 11 is 0. The average Bonchev–Trinajstić information content (AvgIpc) is 3.32. The van der Waals surface area contributed by atoms with Gasteiger partial charge in [0.05, 0.1) is 17.9 Å². The molecule has 9 heteroatoms. The third kappa shape index (κ3) is 4.92. The van der Waals surface area contributed by atoms with Crippen molar-refractivity contribution in [1.82, 2.24) is 5.32 Å². The Bertz CT molecular complexity index is 1860. The zero-order valence-corrected chi connectivity index (χ0v) is 24.0. The summed E-state index contributed by atoms with van der Waals surface area (Å²) in [6, 6.07) is 22.3. The lowest BCUT2D eigenvalue weighted by atomic mass is 9.95. The molecule has 3 aliphatic rings. The number of benzene rings is 4. The quantitative estimate of drug-likeness (QED) is 0.215. The number of carbonyl (C=O) groups is 3. The minimum atomic E-state index is -0.702. The van der Waals surface area contributed by atoms with Crippen LogP contribution in [0, 0.1) is 12.4 Å². The first-order valence-electron chi connectivity index (χ1n) is 14.9. The molecule has 44 heavy (non-hydrogen) atoms. The van der Waals surface area contributed by atoms with Gasteiger partial charge in [-0.3, -0.25) is 24.6 Å². The van der Waals surface area contributed by atoms with Gasteiger partial charge in [-0.25, -0.2) is 9.24 Å². The summed E-state index contributed by atoms with van der Waals surface area (Å²) < 4.78 is 14.5. The highest BCUT2D eigenvalue weighted by atomic mass is 19.1. The Morgan fingerprint density at radius 1 is 0.932 bits per heavy atom. The summed E-state index contributed by atoms with van der Waals surface area (Å²) in [5, 5.41) is 7.83. The van der Waals surface area contributed by atoms with Crippen LogP contribution in [-0.2, 0) is 16.0 Å². The number of nitrogens with zero attached hydrogens (tertiary/aromatic N) is 3. The minimum Gasteiger partial charge on any atom is -0.382 e. The number of piperidine rings is 2. The zero-order valence-electron chi connectivity index (χ0n) is 24.0. The number of rotatable bonds is 6. The van der Waals surface area contributed by atoms with Crippen molar-refractivity contribution in [3.63, 3.8) is 0 Å². The average molecular weight is 588 g/mol. The van der Waals surface area contributed by atoms with Crippen molar-refractivity contribution >= 4 is 51.2 Å². The van der Waals surface area contributed by atoms with Crippen LogP contribution in [0.25, 0.3) is 15.6 Å². The van der Waals surface area contributed by atoms with Crippen LogP contribution in [0.4, 0.5) is 27.1 Å². The molecule has 2 fully saturated rings. The molecular weight excluding hydrogens is 557 g/mol. The van der Waals surface area contributed by atoms with Gasteiger partial charge in [-0.1, -0.05) is 36.4 Å². The molecule has 8 nitrogen and oxygen atoms in total. The molecule has 1 atom stereocenters. The van der Waals surface area contributed by atoms with Gasteiger partial charge in [0.25, 0.3) is 5.91 Å². The van der Waals surface area contributed by atoms with Crippen LogP contribution < -0.4 is 20.4 Å². The molecule has 4 aromatic carbocycles. The van der Waals surface area contributed by atoms with E-state index in [2.05, 4.69) is 39.7 Å². The maximum absolute atomic E-state index is 14.5. The lowest BCUT2D eigenvalue weighted by Gasteiger charge is -2.34. The summed E-state index contributed by atoms with van der Waals surface area (Å²) in [4.78, 5) is 44.6. The highest BCUT2D eigenvalue weighted by molar-refractivity contribution is 6.27. The molecule has 3 aliphatic heterocycles. The van der Waals surface area contributed by atoms with E-state index >= 15 is 0 Å². The maximum Gasteiger partial charge on any atom is 0.259 e. The van der Waals surface area contributed by atoms with Gasteiger partial charge in [-0.05, 0) is 78.6 Å². The highest BCUT2D eigenvalue weighted by Crippen LogP contribution is 2.41. The molecule has 0 aromatic heterocycles. The predicted octanol–water partition coefficient (Wildman–Crippen LogP) is 5.97. The van der Waals surface area contributed by atoms with Gasteiger partial charge < -0.3 is 10.2 Å². The third-order valence-electron chi connectivity index (χ3n) is 8.95. The molecule has 3 amide bonds. The van der Waals surface area contributed by atoms with Crippen molar-refractivity contribution in [2.75, 3.05) is 28.2 Å². The molecule has 2 saturated heterocycles. The SMILES string of the molecule is [C-]#[N+]c1ccc(N2CCC(Nc3ccc(Cc4ccc5c6c(cccc46)C(=O)N5C4CCC(=O)NC4=O)cc3)CC2)c(F)c1. The Hall–Kier alpha value is -5.23. The van der Waals surface area contributed by atoms with E-state index in [4.69, 9.17) is 6.57 Å². The second-order valence-corrected chi connectivity index (χ2v) is 11.6. The molecule has 4 aromatic rings. The van der Waals surface area contributed by atoms with Crippen molar-refractivity contribution < 1.29 is 18.8 Å². The molecule has 7 rings (SSSR count). The number of nitrogens with one attached hydrogen (secondary N) is 2. The van der Waals surface area contributed by atoms with Gasteiger partial charge >= 0.3 is 0 Å². The van der Waals surface area contributed by atoms with Crippen molar-refractivity contribution in [3.05, 3.63) is 107 Å². The van der Waals surface area contributed by atoms with E-state index < -0.39 is 11.9 Å². The molecular formula is C35H30FN5O3. The van der Waals surface area contributed by atoms with E-state index in [1.807, 2.05) is 29.2 Å². The number of halogens is 1. The first-order chi connectivity index (χ1) is 21.4. The van der Waals surface area contributed by atoms with Crippen LogP contribution in [0.15, 0.2) is 72.8 Å². The van der Waals surface area contributed by atoms with E-state index in [9.17, 15) is 18.8 Å². The second-order valence-electron chi connectivity index (χ2n) is 11.6. The summed E-state index contributed by atoms with van der Waals surface area (Å²) in [5.41, 5.74) is 5.42. The van der Waals surface area contributed by atoms with E-state index in [1.54, 1.807) is 23.1 Å². The molecule has 0 bridgehead atoms. The van der Waals surface area contributed by atoms with Crippen molar-refractivity contribution in [2.45, 2.75) is 44.2 Å². The summed E-state index contributed by atoms with van der Waals surface area (Å²) in [6.07, 6.45) is 2.95. The molecule has 3 heterocycles. The van der Waals surface area contributed by atoms with Gasteiger partial charge in [0.15, 0.2) is 5.69 Å². The Morgan fingerprint density at radius 3 is 2.43 bits per heavy atom. The van der Waals surface area contributed by atoms with Gasteiger partial charge in [-0.2, -0.15) is 0 Å². The van der Waals surface area contributed by atoms with Gasteiger partial charge in [0.1, 0.15) is 11.9 Å². The van der Waals surface area contributed by atoms with E-state index in [-0.39, 0.29) is 30.1 Å². The van der Waals surface area contributed by atoms with Crippen LogP contribution in [0.1, 0.15) is 47.2 Å². The van der Waals surface area contributed by atoms with Crippen LogP contribution in [0.5, 0.6) is 0 Å². The van der Waals surface area contributed by atoms with Gasteiger partial charge in [0.2, 0.25) is 11.8 Å². The van der Waals surface area contributed by atoms with Gasteiger partial charge in [-0.15, -0.1) is 0 Å². The number of imide groups is 1. The largest absolute Gasteiger partial charge is 0.382 e. The van der Waals surface area contributed by atoms with Crippen LogP contribution in [-0.4, -0.2) is 42.9 Å². The normalized spacial score (nSPS) is 18.5. The van der Waals surface area contributed by atoms with E-state index in [0.717, 1.165) is 53.5 Å². The monoisotopic (exact) mass is 587 g/mol. The molecule has 2 N–H and O–H groups in total. The molecule has 0 radical (unpaired) electrons. The second kappa shape index (κ2) is 11.1. The molecule has 1 unspecified atom stereocenters. The Balaban J connectivity index is 1.03. The fraction of sp³-hybridized carbons (Fsp3) is 0.257. The van der Waals surface area contributed by atoms with Crippen LogP contribution in [0.3, 0.4) is 0 Å². The lowest BCUT2D eigenvalue weighted by Crippen LogP contribution is -2.53. The lowest BCUT2D eigenvalue weighted by molar-refractivity contribution is -0.134. The van der Waals surface area contributed by atoms with Crippen molar-refractivity contribution in [1.29, 1.82) is 0 Å². The first-order valence-corrected chi connectivity index (χ1v) is 14.9. The fourth-order valence-corrected chi connectivity index (χ4v) is 6.72. The fourth-order valence-electron chi connectivity index (χ4n) is 6.72. The zero-order chi connectivity index (χ0) is 30.4. The molecule has 0 aliphatic carbocycles. The Kier molecular flexibility index (Phi) is 6.97. The smallest absolute Gasteiger partial charge is 0.259 e. The third-order valence-corrected chi connectivity index (χ3v) is 8.95. The predicted molar refractivity (Wildman–Crippen MR) is 168 cm³/mol. The van der Waals surface area contributed by atoms with Crippen LogP contribution in [0.2, 0.25) is 0 Å². The van der Waals surface area contributed by atoms with Crippen molar-refractivity contribution in [3.8, 4) is 0 Å². The minimum absolute atomic E-state index is 0.207. The Labute approximate surface area is 254 Å². The first kappa shape index (κ1) is 27.6. The topological polar surface area (TPSA) is 86.1 Å². The molecule has 0 spiro atoms. The Morgan fingerprint density at radius 2 is 1.70 bits per heavy atom. The molecule has 0 saturated carbocycles. The van der Waals surface area contributed by atoms with Crippen molar-refractivity contribution in [2.24, 2.45) is 0 Å². The summed E-state index contributed by atoms with van der Waals surface area (Å²) in [5.74, 6) is -1.29. The number of carbonyl (C=O) groups excluding carboxylic acids is 3. The standard InChI is InChI=1S/C35H30FN5O3/c1-37-25-10-12-29(28(36)20-25)40-17-15-24(16-18-40)38-23-8-5-21(6-9-23)19-22-7-11-30-33-26(22)3-2-4-27(33)35(44)41(30)31-13-14-32(42)39-34(31)43/h2-12,20,24,31,38H,13-19H2,(H,39,42,43). The number of anilines is 3.